The number of benzene rings is 2. The number of amides is 2. The minimum Gasteiger partial charge on any atom is -0.368 e. The highest BCUT2D eigenvalue weighted by Crippen LogP contribution is 2.16. The monoisotopic (exact) mass is 401 g/mol. The summed E-state index contributed by atoms with van der Waals surface area (Å²) in [6, 6.07) is 14.8. The lowest BCUT2D eigenvalue weighted by molar-refractivity contribution is -0.117. The number of hydrogen-bond acceptors (Lipinski definition) is 3. The second kappa shape index (κ2) is 10.3. The normalized spacial score (nSPS) is 11.0. The van der Waals surface area contributed by atoms with E-state index in [2.05, 4.69) is 15.6 Å². The highest BCUT2D eigenvalue weighted by molar-refractivity contribution is 6.31. The molecule has 0 aliphatic carbocycles. The molecule has 0 saturated heterocycles. The Labute approximate surface area is 169 Å². The van der Waals surface area contributed by atoms with Gasteiger partial charge in [-0.15, -0.1) is 0 Å². The van der Waals surface area contributed by atoms with Gasteiger partial charge >= 0.3 is 0 Å². The van der Waals surface area contributed by atoms with Gasteiger partial charge in [0.25, 0.3) is 5.91 Å². The molecule has 7 nitrogen and oxygen atoms in total. The van der Waals surface area contributed by atoms with E-state index in [1.54, 1.807) is 19.2 Å². The third kappa shape index (κ3) is 6.28. The molecule has 148 valence electrons. The molecule has 0 saturated carbocycles. The Bertz CT molecular complexity index is 852. The standard InChI is InChI=1S/C20H24ClN5O2/c1-23-20(26(2)13-16-5-3-4-6-17(16)21)25-11-14-7-9-15(10-8-14)19(28)24-12-18(22)27/h3-10H,11-13H2,1-2H3,(H2,22,27)(H,23,25)(H,24,28). The van der Waals surface area contributed by atoms with E-state index in [0.29, 0.717) is 18.7 Å². The molecule has 2 rings (SSSR count). The van der Waals surface area contributed by atoms with Crippen LogP contribution in [0.1, 0.15) is 21.5 Å². The molecule has 28 heavy (non-hydrogen) atoms. The van der Waals surface area contributed by atoms with Gasteiger partial charge in [0.2, 0.25) is 5.91 Å². The van der Waals surface area contributed by atoms with Crippen LogP contribution in [0.4, 0.5) is 0 Å². The number of carbonyl (C=O) groups excluding carboxylic acids is 2. The third-order valence-electron chi connectivity index (χ3n) is 4.03. The molecule has 8 heteroatoms. The third-order valence-corrected chi connectivity index (χ3v) is 4.40. The summed E-state index contributed by atoms with van der Waals surface area (Å²) in [7, 11) is 3.66. The van der Waals surface area contributed by atoms with Gasteiger partial charge in [-0.2, -0.15) is 0 Å². The van der Waals surface area contributed by atoms with Gasteiger partial charge in [0.05, 0.1) is 6.54 Å². The van der Waals surface area contributed by atoms with Crippen molar-refractivity contribution in [2.75, 3.05) is 20.6 Å². The van der Waals surface area contributed by atoms with Gasteiger partial charge in [0.15, 0.2) is 5.96 Å². The Morgan fingerprint density at radius 1 is 1.11 bits per heavy atom. The molecule has 0 heterocycles. The number of nitrogens with two attached hydrogens (primary N) is 1. The first-order chi connectivity index (χ1) is 13.4. The van der Waals surface area contributed by atoms with E-state index in [0.717, 1.165) is 22.1 Å². The molecule has 0 aliphatic heterocycles. The van der Waals surface area contributed by atoms with E-state index in [-0.39, 0.29) is 12.5 Å². The average molecular weight is 402 g/mol. The first-order valence-corrected chi connectivity index (χ1v) is 9.09. The number of carbonyl (C=O) groups is 2. The molecule has 0 unspecified atom stereocenters. The highest BCUT2D eigenvalue weighted by atomic mass is 35.5. The van der Waals surface area contributed by atoms with E-state index < -0.39 is 5.91 Å². The predicted octanol–water partition coefficient (Wildman–Crippen LogP) is 1.76. The Morgan fingerprint density at radius 3 is 2.39 bits per heavy atom. The van der Waals surface area contributed by atoms with Crippen molar-refractivity contribution in [3.8, 4) is 0 Å². The summed E-state index contributed by atoms with van der Waals surface area (Å²) in [6.45, 7) is 0.983. The lowest BCUT2D eigenvalue weighted by Crippen LogP contribution is -2.38. The quantitative estimate of drug-likeness (QED) is 0.486. The van der Waals surface area contributed by atoms with E-state index in [1.165, 1.54) is 0 Å². The molecule has 0 radical (unpaired) electrons. The SMILES string of the molecule is CN=C(NCc1ccc(C(=O)NCC(N)=O)cc1)N(C)Cc1ccccc1Cl. The summed E-state index contributed by atoms with van der Waals surface area (Å²) in [5.41, 5.74) is 7.48. The summed E-state index contributed by atoms with van der Waals surface area (Å²) < 4.78 is 0. The van der Waals surface area contributed by atoms with Crippen molar-refractivity contribution < 1.29 is 9.59 Å². The first kappa shape index (κ1) is 21.2. The number of guanidine groups is 1. The Balaban J connectivity index is 1.91. The zero-order valence-electron chi connectivity index (χ0n) is 15.9. The molecule has 2 aromatic carbocycles. The van der Waals surface area contributed by atoms with Crippen LogP contribution in [0.15, 0.2) is 53.5 Å². The fourth-order valence-corrected chi connectivity index (χ4v) is 2.76. The molecule has 0 aromatic heterocycles. The van der Waals surface area contributed by atoms with Gasteiger partial charge in [-0.25, -0.2) is 0 Å². The van der Waals surface area contributed by atoms with Gasteiger partial charge in [-0.3, -0.25) is 14.6 Å². The fraction of sp³-hybridized carbons (Fsp3) is 0.250. The van der Waals surface area contributed by atoms with Crippen LogP contribution >= 0.6 is 11.6 Å². The lowest BCUT2D eigenvalue weighted by atomic mass is 10.1. The van der Waals surface area contributed by atoms with Gasteiger partial charge in [0.1, 0.15) is 0 Å². The second-order valence-corrected chi connectivity index (χ2v) is 6.60. The van der Waals surface area contributed by atoms with Crippen molar-refractivity contribution in [1.82, 2.24) is 15.5 Å². The minimum absolute atomic E-state index is 0.184. The van der Waals surface area contributed by atoms with Crippen LogP contribution in [0.3, 0.4) is 0 Å². The molecule has 0 bridgehead atoms. The van der Waals surface area contributed by atoms with Crippen LogP contribution in [-0.2, 0) is 17.9 Å². The number of hydrogen-bond donors (Lipinski definition) is 3. The van der Waals surface area contributed by atoms with Gasteiger partial charge in [-0.1, -0.05) is 41.9 Å². The summed E-state index contributed by atoms with van der Waals surface area (Å²) >= 11 is 6.22. The van der Waals surface area contributed by atoms with Crippen molar-refractivity contribution in [2.45, 2.75) is 13.1 Å². The Hall–Kier alpha value is -3.06. The van der Waals surface area contributed by atoms with Crippen LogP contribution in [-0.4, -0.2) is 43.3 Å². The number of primary amides is 1. The van der Waals surface area contributed by atoms with Crippen LogP contribution < -0.4 is 16.4 Å². The van der Waals surface area contributed by atoms with Crippen LogP contribution in [0.2, 0.25) is 5.02 Å². The number of nitrogens with zero attached hydrogens (tertiary/aromatic N) is 2. The summed E-state index contributed by atoms with van der Waals surface area (Å²) in [5.74, 6) is -0.196. The van der Waals surface area contributed by atoms with Crippen molar-refractivity contribution in [3.63, 3.8) is 0 Å². The van der Waals surface area contributed by atoms with Crippen LogP contribution in [0.25, 0.3) is 0 Å². The molecular weight excluding hydrogens is 378 g/mol. The first-order valence-electron chi connectivity index (χ1n) is 8.71. The Kier molecular flexibility index (Phi) is 7.83. The molecule has 0 atom stereocenters. The second-order valence-electron chi connectivity index (χ2n) is 6.19. The number of aliphatic imine (C=N–C) groups is 1. The van der Waals surface area contributed by atoms with E-state index in [4.69, 9.17) is 17.3 Å². The van der Waals surface area contributed by atoms with E-state index in [9.17, 15) is 9.59 Å². The van der Waals surface area contributed by atoms with E-state index >= 15 is 0 Å². The van der Waals surface area contributed by atoms with Crippen molar-refractivity contribution in [3.05, 3.63) is 70.2 Å². The minimum atomic E-state index is -0.582. The predicted molar refractivity (Wildman–Crippen MR) is 111 cm³/mol. The average Bonchev–Trinajstić information content (AvgIpc) is 2.68. The van der Waals surface area contributed by atoms with Crippen molar-refractivity contribution >= 4 is 29.4 Å². The number of rotatable bonds is 7. The molecule has 0 spiro atoms. The molecule has 0 aliphatic rings. The topological polar surface area (TPSA) is 99.8 Å². The maximum atomic E-state index is 11.9. The maximum absolute atomic E-state index is 11.9. The fourth-order valence-electron chi connectivity index (χ4n) is 2.57. The Morgan fingerprint density at radius 2 is 1.79 bits per heavy atom. The molecular formula is C20H24ClN5O2. The van der Waals surface area contributed by atoms with E-state index in [1.807, 2.05) is 48.3 Å². The molecule has 0 fully saturated rings. The summed E-state index contributed by atoms with van der Waals surface area (Å²) in [5, 5.41) is 6.46. The van der Waals surface area contributed by atoms with Gasteiger partial charge in [-0.05, 0) is 29.3 Å². The highest BCUT2D eigenvalue weighted by Gasteiger charge is 2.10. The number of nitrogens with one attached hydrogen (secondary N) is 2. The van der Waals surface area contributed by atoms with Crippen LogP contribution in [0.5, 0.6) is 0 Å². The summed E-state index contributed by atoms with van der Waals surface area (Å²) in [4.78, 5) is 28.9. The smallest absolute Gasteiger partial charge is 0.251 e. The molecule has 4 N–H and O–H groups in total. The maximum Gasteiger partial charge on any atom is 0.251 e. The lowest BCUT2D eigenvalue weighted by Gasteiger charge is -2.22. The largest absolute Gasteiger partial charge is 0.368 e. The number of halogens is 1. The van der Waals surface area contributed by atoms with Gasteiger partial charge in [0, 0.05) is 37.8 Å². The zero-order valence-corrected chi connectivity index (χ0v) is 16.7. The summed E-state index contributed by atoms with van der Waals surface area (Å²) in [6.07, 6.45) is 0. The zero-order chi connectivity index (χ0) is 20.5. The molecule has 2 amide bonds. The molecule has 2 aromatic rings. The van der Waals surface area contributed by atoms with Gasteiger partial charge < -0.3 is 21.3 Å². The van der Waals surface area contributed by atoms with Crippen molar-refractivity contribution in [2.24, 2.45) is 10.7 Å². The van der Waals surface area contributed by atoms with Crippen molar-refractivity contribution in [1.29, 1.82) is 0 Å². The van der Waals surface area contributed by atoms with Crippen LogP contribution in [0, 0.1) is 0 Å².